The maximum atomic E-state index is 12.6. The van der Waals surface area contributed by atoms with Gasteiger partial charge in [0.15, 0.2) is 5.69 Å². The monoisotopic (exact) mass is 395 g/mol. The van der Waals surface area contributed by atoms with Crippen LogP contribution in [0, 0.1) is 0 Å². The van der Waals surface area contributed by atoms with E-state index in [2.05, 4.69) is 20.3 Å². The standard InChI is InChI=1S/C17H16F3N5OS/c18-17(19,20)13-9-27-14(24-13)8-25-6-3-10(7-25)23-16(26)15-11-1-4-21-12(11)2-5-22-15/h1-2,4-5,9-10,21H,3,6-8H2,(H,23,26)/t10-/m1/s1. The Bertz CT molecular complexity index is 967. The first-order valence-corrected chi connectivity index (χ1v) is 9.25. The summed E-state index contributed by atoms with van der Waals surface area (Å²) < 4.78 is 37.9. The maximum absolute atomic E-state index is 12.6. The van der Waals surface area contributed by atoms with Crippen molar-refractivity contribution in [3.63, 3.8) is 0 Å². The SMILES string of the molecule is O=C(N[C@@H]1CCN(Cc2nc(C(F)(F)F)cs2)C1)c1nccc2[nH]ccc12. The van der Waals surface area contributed by atoms with Gasteiger partial charge in [-0.2, -0.15) is 13.2 Å². The van der Waals surface area contributed by atoms with E-state index in [4.69, 9.17) is 0 Å². The lowest BCUT2D eigenvalue weighted by molar-refractivity contribution is -0.140. The molecule has 3 aromatic heterocycles. The van der Waals surface area contributed by atoms with Crippen LogP contribution in [-0.4, -0.2) is 44.9 Å². The van der Waals surface area contributed by atoms with Crippen molar-refractivity contribution in [1.29, 1.82) is 0 Å². The number of carbonyl (C=O) groups excluding carboxylic acids is 1. The Balaban J connectivity index is 1.36. The van der Waals surface area contributed by atoms with E-state index in [0.717, 1.165) is 34.0 Å². The minimum Gasteiger partial charge on any atom is -0.361 e. The van der Waals surface area contributed by atoms with Gasteiger partial charge >= 0.3 is 6.18 Å². The number of H-pyrrole nitrogens is 1. The Morgan fingerprint density at radius 3 is 3.04 bits per heavy atom. The number of thiazole rings is 1. The van der Waals surface area contributed by atoms with Crippen molar-refractivity contribution in [1.82, 2.24) is 25.2 Å². The zero-order chi connectivity index (χ0) is 19.0. The Kier molecular flexibility index (Phi) is 4.60. The zero-order valence-corrected chi connectivity index (χ0v) is 14.9. The molecule has 4 rings (SSSR count). The average Bonchev–Trinajstić information content (AvgIpc) is 3.34. The molecular weight excluding hydrogens is 379 g/mol. The number of amides is 1. The van der Waals surface area contributed by atoms with Crippen molar-refractivity contribution in [3.8, 4) is 0 Å². The number of hydrogen-bond acceptors (Lipinski definition) is 5. The van der Waals surface area contributed by atoms with E-state index in [-0.39, 0.29) is 11.9 Å². The molecule has 0 aliphatic carbocycles. The highest BCUT2D eigenvalue weighted by molar-refractivity contribution is 7.09. The Morgan fingerprint density at radius 1 is 1.41 bits per heavy atom. The van der Waals surface area contributed by atoms with Gasteiger partial charge in [0.1, 0.15) is 10.7 Å². The van der Waals surface area contributed by atoms with E-state index >= 15 is 0 Å². The summed E-state index contributed by atoms with van der Waals surface area (Å²) in [6, 6.07) is 3.53. The molecule has 2 N–H and O–H groups in total. The van der Waals surface area contributed by atoms with Gasteiger partial charge in [-0.15, -0.1) is 11.3 Å². The summed E-state index contributed by atoms with van der Waals surface area (Å²) >= 11 is 1.00. The lowest BCUT2D eigenvalue weighted by atomic mass is 10.2. The number of nitrogens with zero attached hydrogens (tertiary/aromatic N) is 3. The number of hydrogen-bond donors (Lipinski definition) is 2. The van der Waals surface area contributed by atoms with Gasteiger partial charge in [0, 0.05) is 47.8 Å². The number of likely N-dealkylation sites (tertiary alicyclic amines) is 1. The van der Waals surface area contributed by atoms with Crippen LogP contribution in [0.15, 0.2) is 29.9 Å². The summed E-state index contributed by atoms with van der Waals surface area (Å²) in [7, 11) is 0. The molecule has 0 spiro atoms. The van der Waals surface area contributed by atoms with Crippen molar-refractivity contribution in [2.45, 2.75) is 25.2 Å². The third kappa shape index (κ3) is 3.81. The summed E-state index contributed by atoms with van der Waals surface area (Å²) in [6.45, 7) is 1.60. The third-order valence-electron chi connectivity index (χ3n) is 4.50. The van der Waals surface area contributed by atoms with Gasteiger partial charge in [0.05, 0.1) is 6.54 Å². The van der Waals surface area contributed by atoms with E-state index in [1.54, 1.807) is 24.5 Å². The lowest BCUT2D eigenvalue weighted by Crippen LogP contribution is -2.37. The van der Waals surface area contributed by atoms with E-state index in [1.165, 1.54) is 0 Å². The van der Waals surface area contributed by atoms with Crippen LogP contribution in [0.5, 0.6) is 0 Å². The molecule has 0 bridgehead atoms. The van der Waals surface area contributed by atoms with Gasteiger partial charge in [-0.05, 0) is 18.6 Å². The van der Waals surface area contributed by atoms with E-state index < -0.39 is 11.9 Å². The highest BCUT2D eigenvalue weighted by atomic mass is 32.1. The van der Waals surface area contributed by atoms with Gasteiger partial charge in [0.25, 0.3) is 5.91 Å². The summed E-state index contributed by atoms with van der Waals surface area (Å²) in [5.74, 6) is -0.249. The summed E-state index contributed by atoms with van der Waals surface area (Å²) in [5.41, 5.74) is 0.353. The zero-order valence-electron chi connectivity index (χ0n) is 14.1. The van der Waals surface area contributed by atoms with Crippen LogP contribution < -0.4 is 5.32 Å². The highest BCUT2D eigenvalue weighted by Crippen LogP contribution is 2.30. The van der Waals surface area contributed by atoms with Crippen molar-refractivity contribution in [2.75, 3.05) is 13.1 Å². The first kappa shape index (κ1) is 17.9. The normalized spacial score (nSPS) is 18.3. The van der Waals surface area contributed by atoms with Gasteiger partial charge in [0.2, 0.25) is 0 Å². The van der Waals surface area contributed by atoms with Crippen molar-refractivity contribution >= 4 is 28.1 Å². The third-order valence-corrected chi connectivity index (χ3v) is 5.34. The molecule has 27 heavy (non-hydrogen) atoms. The summed E-state index contributed by atoms with van der Waals surface area (Å²) in [5, 5.41) is 5.18. The Hall–Kier alpha value is -2.46. The number of fused-ring (bicyclic) bond motifs is 1. The van der Waals surface area contributed by atoms with Crippen LogP contribution in [0.3, 0.4) is 0 Å². The molecule has 1 aliphatic heterocycles. The maximum Gasteiger partial charge on any atom is 0.434 e. The first-order chi connectivity index (χ1) is 12.9. The molecule has 0 radical (unpaired) electrons. The highest BCUT2D eigenvalue weighted by Gasteiger charge is 2.34. The van der Waals surface area contributed by atoms with Crippen LogP contribution in [0.4, 0.5) is 13.2 Å². The van der Waals surface area contributed by atoms with E-state index in [1.807, 2.05) is 4.90 Å². The van der Waals surface area contributed by atoms with Crippen LogP contribution in [0.1, 0.15) is 27.6 Å². The summed E-state index contributed by atoms with van der Waals surface area (Å²) in [6.07, 6.45) is -0.353. The van der Waals surface area contributed by atoms with Gasteiger partial charge in [-0.1, -0.05) is 0 Å². The largest absolute Gasteiger partial charge is 0.434 e. The molecule has 1 amide bonds. The quantitative estimate of drug-likeness (QED) is 0.712. The Labute approximate surface area is 156 Å². The number of rotatable bonds is 4. The van der Waals surface area contributed by atoms with Crippen LogP contribution in [-0.2, 0) is 12.7 Å². The summed E-state index contributed by atoms with van der Waals surface area (Å²) in [4.78, 5) is 25.4. The van der Waals surface area contributed by atoms with E-state index in [0.29, 0.717) is 30.3 Å². The van der Waals surface area contributed by atoms with Crippen LogP contribution in [0.25, 0.3) is 10.9 Å². The molecule has 1 atom stereocenters. The number of nitrogens with one attached hydrogen (secondary N) is 2. The molecular formula is C17H16F3N5OS. The van der Waals surface area contributed by atoms with E-state index in [9.17, 15) is 18.0 Å². The van der Waals surface area contributed by atoms with Crippen molar-refractivity contribution in [2.24, 2.45) is 0 Å². The van der Waals surface area contributed by atoms with Crippen LogP contribution in [0.2, 0.25) is 0 Å². The molecule has 1 fully saturated rings. The molecule has 0 saturated carbocycles. The fraction of sp³-hybridized carbons (Fsp3) is 0.353. The minimum absolute atomic E-state index is 0.0736. The second-order valence-corrected chi connectivity index (χ2v) is 7.36. The number of alkyl halides is 3. The number of pyridine rings is 1. The fourth-order valence-electron chi connectivity index (χ4n) is 3.22. The average molecular weight is 395 g/mol. The molecule has 4 heterocycles. The molecule has 0 unspecified atom stereocenters. The molecule has 0 aromatic carbocycles. The second-order valence-electron chi connectivity index (χ2n) is 6.42. The fourth-order valence-corrected chi connectivity index (χ4v) is 4.06. The first-order valence-electron chi connectivity index (χ1n) is 8.37. The van der Waals surface area contributed by atoms with Gasteiger partial charge in [-0.25, -0.2) is 4.98 Å². The molecule has 1 aliphatic rings. The predicted octanol–water partition coefficient (Wildman–Crippen LogP) is 3.04. The number of carbonyl (C=O) groups is 1. The Morgan fingerprint density at radius 2 is 2.26 bits per heavy atom. The second kappa shape index (κ2) is 6.93. The van der Waals surface area contributed by atoms with Crippen LogP contribution >= 0.6 is 11.3 Å². The molecule has 142 valence electrons. The predicted molar refractivity (Wildman–Crippen MR) is 94.4 cm³/mol. The van der Waals surface area contributed by atoms with Gasteiger partial charge < -0.3 is 10.3 Å². The number of aromatic nitrogens is 3. The number of aromatic amines is 1. The molecule has 1 saturated heterocycles. The topological polar surface area (TPSA) is 73.9 Å². The molecule has 3 aromatic rings. The van der Waals surface area contributed by atoms with Crippen molar-refractivity contribution in [3.05, 3.63) is 46.3 Å². The minimum atomic E-state index is -4.41. The lowest BCUT2D eigenvalue weighted by Gasteiger charge is -2.15. The smallest absolute Gasteiger partial charge is 0.361 e. The number of halogens is 3. The molecule has 6 nitrogen and oxygen atoms in total. The van der Waals surface area contributed by atoms with Crippen molar-refractivity contribution < 1.29 is 18.0 Å². The van der Waals surface area contributed by atoms with Gasteiger partial charge in [-0.3, -0.25) is 14.7 Å². The molecule has 10 heteroatoms.